The van der Waals surface area contributed by atoms with Crippen molar-refractivity contribution in [2.24, 2.45) is 0 Å². The van der Waals surface area contributed by atoms with Gasteiger partial charge in [0.1, 0.15) is 21.8 Å². The third kappa shape index (κ3) is 4.48. The van der Waals surface area contributed by atoms with Crippen molar-refractivity contribution >= 4 is 46.1 Å². The summed E-state index contributed by atoms with van der Waals surface area (Å²) in [6, 6.07) is 11.9. The van der Waals surface area contributed by atoms with Crippen LogP contribution in [0.15, 0.2) is 40.0 Å². The molecule has 8 heteroatoms. The van der Waals surface area contributed by atoms with Crippen LogP contribution in [0.2, 0.25) is 0 Å². The van der Waals surface area contributed by atoms with E-state index in [0.29, 0.717) is 27.9 Å². The van der Waals surface area contributed by atoms with Crippen LogP contribution in [0.5, 0.6) is 0 Å². The van der Waals surface area contributed by atoms with Crippen molar-refractivity contribution < 1.29 is 4.79 Å². The van der Waals surface area contributed by atoms with Crippen LogP contribution in [0.4, 0.5) is 5.82 Å². The molecule has 0 saturated carbocycles. The minimum Gasteiger partial charge on any atom is -0.357 e. The molecule has 2 aromatic rings. The molecule has 2 saturated heterocycles. The minimum absolute atomic E-state index is 0.136. The molecule has 0 spiro atoms. The maximum atomic E-state index is 13.3. The number of anilines is 1. The van der Waals surface area contributed by atoms with Gasteiger partial charge in [-0.25, -0.2) is 0 Å². The van der Waals surface area contributed by atoms with Gasteiger partial charge in [-0.2, -0.15) is 5.26 Å². The number of rotatable bonds is 6. The van der Waals surface area contributed by atoms with Gasteiger partial charge in [0, 0.05) is 25.2 Å². The third-order valence-corrected chi connectivity index (χ3v) is 7.41. The Kier molecular flexibility index (Phi) is 7.01. The van der Waals surface area contributed by atoms with Gasteiger partial charge in [-0.15, -0.1) is 0 Å². The van der Waals surface area contributed by atoms with Crippen molar-refractivity contribution in [2.45, 2.75) is 46.2 Å². The van der Waals surface area contributed by atoms with E-state index in [4.69, 9.17) is 12.2 Å². The monoisotopic (exact) mass is 478 g/mol. The van der Waals surface area contributed by atoms with Gasteiger partial charge in [-0.3, -0.25) is 19.1 Å². The standard InChI is InChI=1S/C25H26N4O2S2/c1-3-11-28-22(27-12-7-8-13-27)19(17(2)20(15-26)23(28)30)14-21-24(31)29(25(32)33-21)16-18-9-5-4-6-10-18/h4-6,9-10,14H,3,7-8,11-13,16H2,1-2H3/b21-14+. The predicted molar refractivity (Wildman–Crippen MR) is 137 cm³/mol. The van der Waals surface area contributed by atoms with Crippen molar-refractivity contribution in [3.05, 3.63) is 67.8 Å². The lowest BCUT2D eigenvalue weighted by atomic mass is 10.0. The summed E-state index contributed by atoms with van der Waals surface area (Å²) in [6.45, 7) is 6.45. The second kappa shape index (κ2) is 9.94. The van der Waals surface area contributed by atoms with Crippen molar-refractivity contribution in [2.75, 3.05) is 18.0 Å². The zero-order valence-electron chi connectivity index (χ0n) is 18.8. The number of aromatic nitrogens is 1. The van der Waals surface area contributed by atoms with E-state index in [9.17, 15) is 14.9 Å². The number of thioether (sulfide) groups is 1. The maximum absolute atomic E-state index is 13.3. The summed E-state index contributed by atoms with van der Waals surface area (Å²) < 4.78 is 2.23. The summed E-state index contributed by atoms with van der Waals surface area (Å²) >= 11 is 6.80. The summed E-state index contributed by atoms with van der Waals surface area (Å²) in [7, 11) is 0. The van der Waals surface area contributed by atoms with Crippen molar-refractivity contribution in [3.8, 4) is 6.07 Å². The zero-order chi connectivity index (χ0) is 23.5. The second-order valence-corrected chi connectivity index (χ2v) is 9.93. The average molecular weight is 479 g/mol. The lowest BCUT2D eigenvalue weighted by molar-refractivity contribution is -0.122. The first-order valence-corrected chi connectivity index (χ1v) is 12.4. The highest BCUT2D eigenvalue weighted by Crippen LogP contribution is 2.37. The first kappa shape index (κ1) is 23.3. The van der Waals surface area contributed by atoms with Crippen molar-refractivity contribution in [1.82, 2.24) is 9.47 Å². The second-order valence-electron chi connectivity index (χ2n) is 8.25. The highest BCUT2D eigenvalue weighted by Gasteiger charge is 2.33. The van der Waals surface area contributed by atoms with Gasteiger partial charge in [0.05, 0.1) is 11.4 Å². The smallest absolute Gasteiger partial charge is 0.270 e. The molecule has 33 heavy (non-hydrogen) atoms. The van der Waals surface area contributed by atoms with Crippen LogP contribution in [0.25, 0.3) is 6.08 Å². The Balaban J connectivity index is 1.82. The third-order valence-electron chi connectivity index (χ3n) is 6.03. The normalized spacial score (nSPS) is 17.3. The Morgan fingerprint density at radius 1 is 1.18 bits per heavy atom. The Labute approximate surface area is 203 Å². The molecule has 6 nitrogen and oxygen atoms in total. The molecular weight excluding hydrogens is 452 g/mol. The Hall–Kier alpha value is -2.89. The topological polar surface area (TPSA) is 69.3 Å². The molecule has 0 unspecified atom stereocenters. The summed E-state index contributed by atoms with van der Waals surface area (Å²) in [6.07, 6.45) is 4.71. The molecule has 2 aliphatic rings. The summed E-state index contributed by atoms with van der Waals surface area (Å²) in [4.78, 5) is 30.8. The molecule has 0 atom stereocenters. The highest BCUT2D eigenvalue weighted by molar-refractivity contribution is 8.26. The number of benzene rings is 1. The number of hydrogen-bond acceptors (Lipinski definition) is 6. The number of nitriles is 1. The number of hydrogen-bond donors (Lipinski definition) is 0. The molecular formula is C25H26N4O2S2. The van der Waals surface area contributed by atoms with Gasteiger partial charge in [0.15, 0.2) is 0 Å². The fraction of sp³-hybridized carbons (Fsp3) is 0.360. The van der Waals surface area contributed by atoms with E-state index in [2.05, 4.69) is 11.0 Å². The number of carbonyl (C=O) groups excluding carboxylic acids is 1. The van der Waals surface area contributed by atoms with E-state index in [1.54, 1.807) is 16.4 Å². The van der Waals surface area contributed by atoms with Gasteiger partial charge in [-0.05, 0) is 43.4 Å². The van der Waals surface area contributed by atoms with Crippen LogP contribution in [0, 0.1) is 18.3 Å². The molecule has 1 amide bonds. The number of amides is 1. The lowest BCUT2D eigenvalue weighted by Crippen LogP contribution is -2.33. The number of pyridine rings is 1. The molecule has 170 valence electrons. The van der Waals surface area contributed by atoms with Crippen LogP contribution < -0.4 is 10.5 Å². The average Bonchev–Trinajstić information content (AvgIpc) is 3.43. The van der Waals surface area contributed by atoms with Crippen LogP contribution in [-0.4, -0.2) is 32.8 Å². The van der Waals surface area contributed by atoms with Crippen LogP contribution in [0.1, 0.15) is 48.4 Å². The van der Waals surface area contributed by atoms with Crippen LogP contribution in [0.3, 0.4) is 0 Å². The number of thiocarbonyl (C=S) groups is 1. The number of carbonyl (C=O) groups is 1. The van der Waals surface area contributed by atoms with Crippen LogP contribution in [-0.2, 0) is 17.9 Å². The van der Waals surface area contributed by atoms with E-state index >= 15 is 0 Å². The Bertz CT molecular complexity index is 1220. The number of nitrogens with zero attached hydrogens (tertiary/aromatic N) is 4. The van der Waals surface area contributed by atoms with Crippen LogP contribution >= 0.6 is 24.0 Å². The minimum atomic E-state index is -0.257. The molecule has 0 aliphatic carbocycles. The summed E-state index contributed by atoms with van der Waals surface area (Å²) in [5.74, 6) is 0.663. The highest BCUT2D eigenvalue weighted by atomic mass is 32.2. The first-order valence-electron chi connectivity index (χ1n) is 11.2. The van der Waals surface area contributed by atoms with Gasteiger partial charge in [-0.1, -0.05) is 61.2 Å². The van der Waals surface area contributed by atoms with Gasteiger partial charge < -0.3 is 4.90 Å². The summed E-state index contributed by atoms with van der Waals surface area (Å²) in [5, 5.41) is 9.73. The molecule has 1 aromatic carbocycles. The van der Waals surface area contributed by atoms with E-state index < -0.39 is 0 Å². The maximum Gasteiger partial charge on any atom is 0.270 e. The summed E-state index contributed by atoms with van der Waals surface area (Å²) in [5.41, 5.74) is 2.27. The molecule has 1 aromatic heterocycles. The molecule has 0 N–H and O–H groups in total. The molecule has 2 fully saturated rings. The zero-order valence-corrected chi connectivity index (χ0v) is 20.5. The van der Waals surface area contributed by atoms with Gasteiger partial charge in [0.25, 0.3) is 11.5 Å². The lowest BCUT2D eigenvalue weighted by Gasteiger charge is -2.26. The molecule has 4 rings (SSSR count). The first-order chi connectivity index (χ1) is 16.0. The Morgan fingerprint density at radius 3 is 2.52 bits per heavy atom. The van der Waals surface area contributed by atoms with Gasteiger partial charge in [0.2, 0.25) is 0 Å². The fourth-order valence-corrected chi connectivity index (χ4v) is 5.62. The predicted octanol–water partition coefficient (Wildman–Crippen LogP) is 4.44. The van der Waals surface area contributed by atoms with Gasteiger partial charge >= 0.3 is 0 Å². The Morgan fingerprint density at radius 2 is 1.88 bits per heavy atom. The largest absolute Gasteiger partial charge is 0.357 e. The molecule has 0 radical (unpaired) electrons. The SMILES string of the molecule is CCCn1c(N2CCCC2)c(/C=C2/SC(=S)N(Cc3ccccc3)C2=O)c(C)c(C#N)c1=O. The molecule has 3 heterocycles. The van der Waals surface area contributed by atoms with E-state index in [1.165, 1.54) is 11.8 Å². The van der Waals surface area contributed by atoms with E-state index in [0.717, 1.165) is 49.3 Å². The van der Waals surface area contributed by atoms with E-state index in [-0.39, 0.29) is 17.0 Å². The molecule has 0 bridgehead atoms. The van der Waals surface area contributed by atoms with Crippen molar-refractivity contribution in [1.29, 1.82) is 5.26 Å². The van der Waals surface area contributed by atoms with Crippen molar-refractivity contribution in [3.63, 3.8) is 0 Å². The van der Waals surface area contributed by atoms with E-state index in [1.807, 2.05) is 43.3 Å². The fourth-order valence-electron chi connectivity index (χ4n) is 4.38. The molecule has 2 aliphatic heterocycles. The quantitative estimate of drug-likeness (QED) is 0.452.